The number of benzene rings is 2. The van der Waals surface area contributed by atoms with Gasteiger partial charge in [0, 0.05) is 22.3 Å². The Morgan fingerprint density at radius 3 is 2.64 bits per heavy atom. The SMILES string of the molecule is CCc1ccccc1N[C@@H]1c2cc3nc(C)cc(C)c3cc2OC(C)(C)[C@@H]1O. The van der Waals surface area contributed by atoms with E-state index < -0.39 is 11.7 Å². The van der Waals surface area contributed by atoms with Crippen molar-refractivity contribution >= 4 is 16.6 Å². The lowest BCUT2D eigenvalue weighted by molar-refractivity contribution is -0.0531. The van der Waals surface area contributed by atoms with Gasteiger partial charge < -0.3 is 15.2 Å². The highest BCUT2D eigenvalue weighted by atomic mass is 16.5. The maximum atomic E-state index is 11.1. The summed E-state index contributed by atoms with van der Waals surface area (Å²) in [6, 6.07) is 14.2. The van der Waals surface area contributed by atoms with Crippen LogP contribution in [-0.4, -0.2) is 21.8 Å². The smallest absolute Gasteiger partial charge is 0.132 e. The largest absolute Gasteiger partial charge is 0.485 e. The van der Waals surface area contributed by atoms with Crippen LogP contribution in [-0.2, 0) is 6.42 Å². The van der Waals surface area contributed by atoms with E-state index >= 15 is 0 Å². The monoisotopic (exact) mass is 376 g/mol. The third-order valence-electron chi connectivity index (χ3n) is 5.72. The van der Waals surface area contributed by atoms with Crippen molar-refractivity contribution < 1.29 is 9.84 Å². The molecule has 146 valence electrons. The van der Waals surface area contributed by atoms with Gasteiger partial charge in [-0.15, -0.1) is 0 Å². The molecular weight excluding hydrogens is 348 g/mol. The summed E-state index contributed by atoms with van der Waals surface area (Å²) in [5.41, 5.74) is 5.62. The van der Waals surface area contributed by atoms with Crippen LogP contribution in [0, 0.1) is 13.8 Å². The van der Waals surface area contributed by atoms with Crippen molar-refractivity contribution in [2.75, 3.05) is 5.32 Å². The third kappa shape index (κ3) is 3.12. The van der Waals surface area contributed by atoms with Crippen molar-refractivity contribution in [3.05, 3.63) is 64.8 Å². The molecule has 3 aromatic rings. The number of fused-ring (bicyclic) bond motifs is 2. The number of aliphatic hydroxyl groups excluding tert-OH is 1. The van der Waals surface area contributed by atoms with Gasteiger partial charge in [-0.05, 0) is 69.5 Å². The molecular formula is C24H28N2O2. The first-order valence-corrected chi connectivity index (χ1v) is 9.93. The zero-order valence-electron chi connectivity index (χ0n) is 17.2. The lowest BCUT2D eigenvalue weighted by Gasteiger charge is -2.43. The molecule has 0 amide bonds. The Hall–Kier alpha value is -2.59. The van der Waals surface area contributed by atoms with Crippen LogP contribution in [0.1, 0.15) is 49.2 Å². The number of aliphatic hydroxyl groups is 1. The summed E-state index contributed by atoms with van der Waals surface area (Å²) in [5.74, 6) is 0.808. The van der Waals surface area contributed by atoms with Crippen molar-refractivity contribution in [3.63, 3.8) is 0 Å². The van der Waals surface area contributed by atoms with Gasteiger partial charge in [0.05, 0.1) is 11.6 Å². The highest BCUT2D eigenvalue weighted by molar-refractivity contribution is 5.85. The first kappa shape index (κ1) is 18.8. The topological polar surface area (TPSA) is 54.4 Å². The standard InChI is InChI=1S/C24H28N2O2/c1-6-16-9-7-8-10-19(16)26-22-18-12-20-17(14(2)11-15(3)25-20)13-21(18)28-24(4,5)23(22)27/h7-13,22-23,26-27H,6H2,1-5H3/t22-,23-/m1/s1. The van der Waals surface area contributed by atoms with Crippen LogP contribution in [0.3, 0.4) is 0 Å². The molecule has 2 N–H and O–H groups in total. The van der Waals surface area contributed by atoms with E-state index in [0.29, 0.717) is 0 Å². The van der Waals surface area contributed by atoms with Crippen molar-refractivity contribution in [2.45, 2.75) is 58.8 Å². The Morgan fingerprint density at radius 2 is 1.89 bits per heavy atom. The van der Waals surface area contributed by atoms with E-state index in [2.05, 4.69) is 49.5 Å². The van der Waals surface area contributed by atoms with E-state index in [-0.39, 0.29) is 6.04 Å². The fourth-order valence-electron chi connectivity index (χ4n) is 4.15. The van der Waals surface area contributed by atoms with Gasteiger partial charge in [-0.2, -0.15) is 0 Å². The average Bonchev–Trinajstić information content (AvgIpc) is 2.65. The molecule has 1 aromatic heterocycles. The van der Waals surface area contributed by atoms with E-state index in [1.54, 1.807) is 0 Å². The summed E-state index contributed by atoms with van der Waals surface area (Å²) in [5, 5.41) is 15.8. The van der Waals surface area contributed by atoms with Crippen molar-refractivity contribution in [1.29, 1.82) is 0 Å². The van der Waals surface area contributed by atoms with Gasteiger partial charge in [0.25, 0.3) is 0 Å². The minimum absolute atomic E-state index is 0.279. The van der Waals surface area contributed by atoms with Gasteiger partial charge in [0.1, 0.15) is 17.5 Å². The van der Waals surface area contributed by atoms with Crippen molar-refractivity contribution in [3.8, 4) is 5.75 Å². The molecule has 1 aliphatic heterocycles. The number of aromatic nitrogens is 1. The second-order valence-electron chi connectivity index (χ2n) is 8.27. The molecule has 1 aliphatic rings. The average molecular weight is 377 g/mol. The summed E-state index contributed by atoms with van der Waals surface area (Å²) in [6.07, 6.45) is 0.226. The summed E-state index contributed by atoms with van der Waals surface area (Å²) in [6.45, 7) is 10.1. The predicted molar refractivity (Wildman–Crippen MR) is 114 cm³/mol. The van der Waals surface area contributed by atoms with Crippen molar-refractivity contribution in [2.24, 2.45) is 0 Å². The fourth-order valence-corrected chi connectivity index (χ4v) is 4.15. The van der Waals surface area contributed by atoms with E-state index in [1.807, 2.05) is 32.9 Å². The van der Waals surface area contributed by atoms with E-state index in [0.717, 1.165) is 40.0 Å². The highest BCUT2D eigenvalue weighted by Gasteiger charge is 2.43. The van der Waals surface area contributed by atoms with Crippen LogP contribution in [0.15, 0.2) is 42.5 Å². The maximum absolute atomic E-state index is 11.1. The second kappa shape index (κ2) is 6.78. The number of hydrogen-bond donors (Lipinski definition) is 2. The van der Waals surface area contributed by atoms with Crippen LogP contribution >= 0.6 is 0 Å². The minimum Gasteiger partial charge on any atom is -0.485 e. The first-order chi connectivity index (χ1) is 13.3. The van der Waals surface area contributed by atoms with Crippen LogP contribution in [0.4, 0.5) is 5.69 Å². The molecule has 2 aromatic carbocycles. The number of hydrogen-bond acceptors (Lipinski definition) is 4. The molecule has 4 nitrogen and oxygen atoms in total. The molecule has 4 rings (SSSR count). The Balaban J connectivity index is 1.88. The number of anilines is 1. The molecule has 2 heterocycles. The van der Waals surface area contributed by atoms with Crippen LogP contribution in [0.5, 0.6) is 5.75 Å². The molecule has 0 bridgehead atoms. The maximum Gasteiger partial charge on any atom is 0.132 e. The predicted octanol–water partition coefficient (Wildman–Crippen LogP) is 5.10. The van der Waals surface area contributed by atoms with Gasteiger partial charge in [-0.3, -0.25) is 4.98 Å². The van der Waals surface area contributed by atoms with Gasteiger partial charge in [-0.25, -0.2) is 0 Å². The highest BCUT2D eigenvalue weighted by Crippen LogP contribution is 2.43. The number of rotatable bonds is 3. The molecule has 2 atom stereocenters. The zero-order chi connectivity index (χ0) is 20.1. The van der Waals surface area contributed by atoms with Crippen LogP contribution < -0.4 is 10.1 Å². The van der Waals surface area contributed by atoms with Crippen molar-refractivity contribution in [1.82, 2.24) is 4.98 Å². The zero-order valence-corrected chi connectivity index (χ0v) is 17.2. The van der Waals surface area contributed by atoms with Gasteiger partial charge >= 0.3 is 0 Å². The number of nitrogens with zero attached hydrogens (tertiary/aromatic N) is 1. The Bertz CT molecular complexity index is 1040. The molecule has 0 radical (unpaired) electrons. The number of ether oxygens (including phenoxy) is 1. The summed E-state index contributed by atoms with van der Waals surface area (Å²) in [4.78, 5) is 4.72. The Labute approximate surface area is 166 Å². The lowest BCUT2D eigenvalue weighted by Crippen LogP contribution is -2.50. The second-order valence-corrected chi connectivity index (χ2v) is 8.27. The molecule has 4 heteroatoms. The van der Waals surface area contributed by atoms with E-state index in [1.165, 1.54) is 11.1 Å². The molecule has 0 fully saturated rings. The summed E-state index contributed by atoms with van der Waals surface area (Å²) >= 11 is 0. The number of para-hydroxylation sites is 1. The molecule has 0 unspecified atom stereocenters. The lowest BCUT2D eigenvalue weighted by atomic mass is 9.85. The third-order valence-corrected chi connectivity index (χ3v) is 5.72. The molecule has 28 heavy (non-hydrogen) atoms. The molecule has 0 saturated heterocycles. The van der Waals surface area contributed by atoms with E-state index in [9.17, 15) is 5.11 Å². The number of pyridine rings is 1. The summed E-state index contributed by atoms with van der Waals surface area (Å²) < 4.78 is 6.23. The van der Waals surface area contributed by atoms with Gasteiger partial charge in [-0.1, -0.05) is 25.1 Å². The van der Waals surface area contributed by atoms with Crippen LogP contribution in [0.2, 0.25) is 0 Å². The minimum atomic E-state index is -0.703. The number of nitrogens with one attached hydrogen (secondary N) is 1. The fraction of sp³-hybridized carbons (Fsp3) is 0.375. The number of aryl methyl sites for hydroxylation is 3. The first-order valence-electron chi connectivity index (χ1n) is 9.93. The Kier molecular flexibility index (Phi) is 4.54. The van der Waals surface area contributed by atoms with Gasteiger partial charge in [0.2, 0.25) is 0 Å². The normalized spacial score (nSPS) is 20.5. The van der Waals surface area contributed by atoms with Gasteiger partial charge in [0.15, 0.2) is 0 Å². The quantitative estimate of drug-likeness (QED) is 0.668. The molecule has 0 saturated carbocycles. The van der Waals surface area contributed by atoms with E-state index in [4.69, 9.17) is 9.72 Å². The molecule has 0 aliphatic carbocycles. The van der Waals surface area contributed by atoms with Crippen LogP contribution in [0.25, 0.3) is 10.9 Å². The Morgan fingerprint density at radius 1 is 1.14 bits per heavy atom. The molecule has 0 spiro atoms. The summed E-state index contributed by atoms with van der Waals surface area (Å²) in [7, 11) is 0.